The maximum Gasteiger partial charge on any atom is 0.335 e. The van der Waals surface area contributed by atoms with Crippen LogP contribution in [-0.4, -0.2) is 30.3 Å². The van der Waals surface area contributed by atoms with Crippen molar-refractivity contribution in [2.24, 2.45) is 0 Å². The van der Waals surface area contributed by atoms with Gasteiger partial charge in [0.25, 0.3) is 0 Å². The number of carbonyl (C=O) groups excluding carboxylic acids is 1. The fourth-order valence-electron chi connectivity index (χ4n) is 2.14. The van der Waals surface area contributed by atoms with E-state index in [4.69, 9.17) is 20.3 Å². The highest BCUT2D eigenvalue weighted by Gasteiger charge is 2.02. The van der Waals surface area contributed by atoms with Crippen molar-refractivity contribution < 1.29 is 24.2 Å². The van der Waals surface area contributed by atoms with Crippen molar-refractivity contribution in [2.75, 3.05) is 18.9 Å². The number of nitrogens with two attached hydrogens (primary N) is 1. The molecule has 0 atom stereocenters. The van der Waals surface area contributed by atoms with E-state index in [1.807, 2.05) is 24.3 Å². The third-order valence-electron chi connectivity index (χ3n) is 3.69. The van der Waals surface area contributed by atoms with Crippen LogP contribution in [0.15, 0.2) is 65.7 Å². The molecule has 2 rings (SSSR count). The second-order valence-corrected chi connectivity index (χ2v) is 6.93. The third kappa shape index (κ3) is 11.6. The van der Waals surface area contributed by atoms with Crippen molar-refractivity contribution in [1.82, 2.24) is 0 Å². The highest BCUT2D eigenvalue weighted by Crippen LogP contribution is 2.13. The number of esters is 1. The molecule has 0 unspecified atom stereocenters. The molecule has 0 saturated carbocycles. The van der Waals surface area contributed by atoms with E-state index in [2.05, 4.69) is 22.5 Å². The number of unbranched alkanes of at least 4 members (excludes halogenated alkanes) is 3. The smallest absolute Gasteiger partial charge is 0.335 e. The van der Waals surface area contributed by atoms with E-state index in [-0.39, 0.29) is 11.5 Å². The molecule has 0 amide bonds. The quantitative estimate of drug-likeness (QED) is 0.220. The number of carboxylic acid groups (broad SMARTS) is 1. The molecule has 0 fully saturated rings. The largest absolute Gasteiger partial charge is 0.494 e. The molecule has 0 aliphatic heterocycles. The minimum atomic E-state index is -0.946. The van der Waals surface area contributed by atoms with Crippen molar-refractivity contribution in [3.8, 4) is 5.75 Å². The summed E-state index contributed by atoms with van der Waals surface area (Å²) in [6, 6.07) is 13.9. The molecule has 29 heavy (non-hydrogen) atoms. The molecule has 7 heteroatoms. The van der Waals surface area contributed by atoms with Crippen LogP contribution in [-0.2, 0) is 9.53 Å². The zero-order valence-corrected chi connectivity index (χ0v) is 17.8. The maximum atomic E-state index is 10.8. The minimum absolute atomic E-state index is 0.247. The molecule has 156 valence electrons. The molecule has 0 heterocycles. The lowest BCUT2D eigenvalue weighted by Crippen LogP contribution is -2.02. The Morgan fingerprint density at radius 1 is 0.966 bits per heavy atom. The molecule has 6 nitrogen and oxygen atoms in total. The Morgan fingerprint density at radius 3 is 2.07 bits per heavy atom. The number of rotatable bonds is 10. The number of aromatic carboxylic acids is 1. The summed E-state index contributed by atoms with van der Waals surface area (Å²) in [5.41, 5.74) is 6.45. The van der Waals surface area contributed by atoms with Crippen LogP contribution in [0.2, 0.25) is 0 Å². The average molecular weight is 464 g/mol. The number of hydrogen-bond acceptors (Lipinski definition) is 5. The van der Waals surface area contributed by atoms with Gasteiger partial charge in [-0.25, -0.2) is 9.59 Å². The second-order valence-electron chi connectivity index (χ2n) is 6.02. The van der Waals surface area contributed by atoms with Crippen LogP contribution in [0.1, 0.15) is 36.0 Å². The van der Waals surface area contributed by atoms with Crippen LogP contribution in [0, 0.1) is 0 Å². The Labute approximate surface area is 179 Å². The van der Waals surface area contributed by atoms with Gasteiger partial charge in [0.2, 0.25) is 0 Å². The third-order valence-corrected chi connectivity index (χ3v) is 4.22. The highest BCUT2D eigenvalue weighted by atomic mass is 79.9. The monoisotopic (exact) mass is 463 g/mol. The first-order valence-corrected chi connectivity index (χ1v) is 9.98. The predicted molar refractivity (Wildman–Crippen MR) is 117 cm³/mol. The molecule has 0 aliphatic carbocycles. The minimum Gasteiger partial charge on any atom is -0.494 e. The van der Waals surface area contributed by atoms with E-state index in [0.29, 0.717) is 19.0 Å². The fourth-order valence-corrected chi connectivity index (χ4v) is 2.40. The van der Waals surface area contributed by atoms with Crippen LogP contribution in [0.3, 0.4) is 0 Å². The summed E-state index contributed by atoms with van der Waals surface area (Å²) in [5, 5.41) is 8.77. The summed E-state index contributed by atoms with van der Waals surface area (Å²) in [7, 11) is 0. The first-order valence-electron chi connectivity index (χ1n) is 9.18. The number of carbonyl (C=O) groups is 2. The van der Waals surface area contributed by atoms with Gasteiger partial charge in [0, 0.05) is 16.2 Å². The van der Waals surface area contributed by atoms with Gasteiger partial charge in [0.1, 0.15) is 5.75 Å². The van der Waals surface area contributed by atoms with Crippen LogP contribution in [0.25, 0.3) is 0 Å². The zero-order chi connectivity index (χ0) is 21.5. The number of carboxylic acids is 1. The highest BCUT2D eigenvalue weighted by molar-refractivity contribution is 9.10. The van der Waals surface area contributed by atoms with Gasteiger partial charge in [-0.1, -0.05) is 22.5 Å². The summed E-state index contributed by atoms with van der Waals surface area (Å²) >= 11 is 3.29. The Balaban J connectivity index is 0.000000436. The van der Waals surface area contributed by atoms with Gasteiger partial charge in [-0.15, -0.1) is 0 Å². The van der Waals surface area contributed by atoms with Crippen LogP contribution in [0.4, 0.5) is 5.69 Å². The van der Waals surface area contributed by atoms with E-state index in [0.717, 1.165) is 41.9 Å². The topological polar surface area (TPSA) is 98.8 Å². The van der Waals surface area contributed by atoms with Crippen LogP contribution in [0.5, 0.6) is 5.75 Å². The molecule has 2 aromatic carbocycles. The first kappa shape index (κ1) is 24.2. The summed E-state index contributed by atoms with van der Waals surface area (Å²) in [6.07, 6.45) is 4.83. The number of nitrogen functional groups attached to an aromatic ring is 1. The van der Waals surface area contributed by atoms with Gasteiger partial charge in [-0.2, -0.15) is 0 Å². The maximum absolute atomic E-state index is 10.8. The van der Waals surface area contributed by atoms with Crippen molar-refractivity contribution in [3.05, 3.63) is 71.2 Å². The number of ether oxygens (including phenoxy) is 2. The standard InChI is InChI=1S/C16H20O5.C6H6BrN/c1-2-15(17)21-12-6-4-3-5-11-20-14-9-7-13(8-10-14)16(18)19;7-5-1-3-6(8)4-2-5/h2,7-10H,1,3-6,11-12H2,(H,18,19);1-4H,8H2. The summed E-state index contributed by atoms with van der Waals surface area (Å²) in [5.74, 6) is -0.665. The average Bonchev–Trinajstić information content (AvgIpc) is 2.72. The second kappa shape index (κ2) is 14.2. The van der Waals surface area contributed by atoms with E-state index in [1.165, 1.54) is 12.1 Å². The number of halogens is 1. The fraction of sp³-hybridized carbons (Fsp3) is 0.273. The summed E-state index contributed by atoms with van der Waals surface area (Å²) in [6.45, 7) is 4.32. The van der Waals surface area contributed by atoms with Crippen molar-refractivity contribution >= 4 is 33.6 Å². The molecule has 0 aromatic heterocycles. The Hall–Kier alpha value is -2.80. The van der Waals surface area contributed by atoms with E-state index in [1.54, 1.807) is 12.1 Å². The molecule has 0 radical (unpaired) electrons. The lowest BCUT2D eigenvalue weighted by Gasteiger charge is -2.06. The lowest BCUT2D eigenvalue weighted by molar-refractivity contribution is -0.137. The number of benzene rings is 2. The predicted octanol–water partition coefficient (Wildman–Crippen LogP) is 5.08. The molecule has 0 spiro atoms. The van der Waals surface area contributed by atoms with Crippen molar-refractivity contribution in [2.45, 2.75) is 25.7 Å². The van der Waals surface area contributed by atoms with Gasteiger partial charge in [0.05, 0.1) is 18.8 Å². The van der Waals surface area contributed by atoms with E-state index >= 15 is 0 Å². The zero-order valence-electron chi connectivity index (χ0n) is 16.2. The summed E-state index contributed by atoms with van der Waals surface area (Å²) < 4.78 is 11.4. The van der Waals surface area contributed by atoms with Crippen molar-refractivity contribution in [1.29, 1.82) is 0 Å². The van der Waals surface area contributed by atoms with Crippen LogP contribution >= 0.6 is 15.9 Å². The van der Waals surface area contributed by atoms with Crippen LogP contribution < -0.4 is 10.5 Å². The van der Waals surface area contributed by atoms with Gasteiger partial charge in [-0.05, 0) is 74.2 Å². The van der Waals surface area contributed by atoms with Gasteiger partial charge < -0.3 is 20.3 Å². The Morgan fingerprint density at radius 2 is 1.55 bits per heavy atom. The molecule has 0 saturated heterocycles. The normalized spacial score (nSPS) is 9.69. The number of anilines is 1. The number of hydrogen-bond donors (Lipinski definition) is 2. The molecule has 3 N–H and O–H groups in total. The Bertz CT molecular complexity index is 739. The lowest BCUT2D eigenvalue weighted by atomic mass is 10.2. The molecule has 0 aliphatic rings. The van der Waals surface area contributed by atoms with E-state index in [9.17, 15) is 9.59 Å². The SMILES string of the molecule is C=CC(=O)OCCCCCCOc1ccc(C(=O)O)cc1.Nc1ccc(Br)cc1. The van der Waals surface area contributed by atoms with Crippen molar-refractivity contribution in [3.63, 3.8) is 0 Å². The molecule has 2 aromatic rings. The molecule has 0 bridgehead atoms. The Kier molecular flexibility index (Phi) is 11.9. The van der Waals surface area contributed by atoms with Gasteiger partial charge in [0.15, 0.2) is 0 Å². The van der Waals surface area contributed by atoms with E-state index < -0.39 is 5.97 Å². The molecular weight excluding hydrogens is 438 g/mol. The molecular formula is C22H26BrNO5. The first-order chi connectivity index (χ1) is 13.9. The van der Waals surface area contributed by atoms with Gasteiger partial charge in [-0.3, -0.25) is 0 Å². The van der Waals surface area contributed by atoms with Gasteiger partial charge >= 0.3 is 11.9 Å². The summed E-state index contributed by atoms with van der Waals surface area (Å²) in [4.78, 5) is 21.5.